The second kappa shape index (κ2) is 4.77. The first kappa shape index (κ1) is 10.7. The number of likely N-dealkylation sites (N-methyl/N-ethyl adjacent to an activating group) is 1. The van der Waals surface area contributed by atoms with Gasteiger partial charge in [-0.3, -0.25) is 0 Å². The molecule has 2 N–H and O–H groups in total. The zero-order valence-corrected chi connectivity index (χ0v) is 8.60. The minimum atomic E-state index is -0.197. The lowest BCUT2D eigenvalue weighted by Crippen LogP contribution is -2.20. The van der Waals surface area contributed by atoms with Crippen molar-refractivity contribution in [2.45, 2.75) is 6.04 Å². The summed E-state index contributed by atoms with van der Waals surface area (Å²) in [5, 5.41) is 12.8. The third-order valence-corrected chi connectivity index (χ3v) is 2.29. The number of hydrogen-bond acceptors (Lipinski definition) is 3. The van der Waals surface area contributed by atoms with Gasteiger partial charge < -0.3 is 10.4 Å². The Morgan fingerprint density at radius 3 is 2.77 bits per heavy atom. The molecule has 0 saturated heterocycles. The molecule has 13 heavy (non-hydrogen) atoms. The number of aliphatic hydroxyl groups is 1. The minimum Gasteiger partial charge on any atom is -0.394 e. The van der Waals surface area contributed by atoms with Gasteiger partial charge in [0.05, 0.1) is 17.7 Å². The quantitative estimate of drug-likeness (QED) is 0.762. The maximum Gasteiger partial charge on any atom is 0.130 e. The first-order valence-corrected chi connectivity index (χ1v) is 4.53. The highest BCUT2D eigenvalue weighted by Crippen LogP contribution is 2.23. The lowest BCUT2D eigenvalue weighted by atomic mass is 10.1. The third-order valence-electron chi connectivity index (χ3n) is 1.76. The molecule has 0 aliphatic heterocycles. The molecule has 5 heteroatoms. The molecule has 0 bridgehead atoms. The molecule has 0 spiro atoms. The normalized spacial score (nSPS) is 12.9. The molecule has 0 saturated carbocycles. The van der Waals surface area contributed by atoms with Gasteiger partial charge >= 0.3 is 0 Å². The average molecular weight is 221 g/mol. The molecule has 1 atom stereocenters. The Balaban J connectivity index is 2.99. The summed E-state index contributed by atoms with van der Waals surface area (Å²) >= 11 is 11.5. The van der Waals surface area contributed by atoms with Crippen LogP contribution in [-0.4, -0.2) is 23.7 Å². The zero-order valence-electron chi connectivity index (χ0n) is 7.09. The number of nitrogens with zero attached hydrogens (tertiary/aromatic N) is 1. The van der Waals surface area contributed by atoms with E-state index in [1.165, 1.54) is 0 Å². The van der Waals surface area contributed by atoms with E-state index < -0.39 is 0 Å². The van der Waals surface area contributed by atoms with Gasteiger partial charge in [0, 0.05) is 11.8 Å². The van der Waals surface area contributed by atoms with E-state index in [0.29, 0.717) is 10.2 Å². The van der Waals surface area contributed by atoms with E-state index in [9.17, 15) is 0 Å². The second-order valence-corrected chi connectivity index (χ2v) is 3.35. The van der Waals surface area contributed by atoms with Crippen molar-refractivity contribution < 1.29 is 5.11 Å². The van der Waals surface area contributed by atoms with Crippen molar-refractivity contribution in [3.05, 3.63) is 28.0 Å². The first-order chi connectivity index (χ1) is 6.19. The summed E-state index contributed by atoms with van der Waals surface area (Å²) < 4.78 is 0. The number of halogens is 2. The van der Waals surface area contributed by atoms with Gasteiger partial charge in [-0.25, -0.2) is 4.98 Å². The van der Waals surface area contributed by atoms with E-state index in [4.69, 9.17) is 28.3 Å². The van der Waals surface area contributed by atoms with Crippen LogP contribution in [0.3, 0.4) is 0 Å². The van der Waals surface area contributed by atoms with Crippen molar-refractivity contribution in [3.8, 4) is 0 Å². The number of aliphatic hydroxyl groups excluding tert-OH is 1. The molecule has 0 aliphatic rings. The van der Waals surface area contributed by atoms with Crippen LogP contribution in [0.5, 0.6) is 0 Å². The molecule has 0 aromatic carbocycles. The van der Waals surface area contributed by atoms with Crippen molar-refractivity contribution in [3.63, 3.8) is 0 Å². The molecule has 0 radical (unpaired) electrons. The molecular formula is C8H10Cl2N2O. The van der Waals surface area contributed by atoms with Crippen molar-refractivity contribution in [1.82, 2.24) is 10.3 Å². The second-order valence-electron chi connectivity index (χ2n) is 2.55. The highest BCUT2D eigenvalue weighted by molar-refractivity contribution is 6.34. The van der Waals surface area contributed by atoms with Crippen LogP contribution in [0, 0.1) is 0 Å². The van der Waals surface area contributed by atoms with Gasteiger partial charge in [-0.15, -0.1) is 0 Å². The van der Waals surface area contributed by atoms with Crippen LogP contribution in [0.1, 0.15) is 11.6 Å². The van der Waals surface area contributed by atoms with Gasteiger partial charge in [-0.1, -0.05) is 23.2 Å². The fraction of sp³-hybridized carbons (Fsp3) is 0.375. The molecular weight excluding hydrogens is 211 g/mol. The summed E-state index contributed by atoms with van der Waals surface area (Å²) in [6, 6.07) is 1.36. The Labute approximate surface area is 86.7 Å². The average Bonchev–Trinajstić information content (AvgIpc) is 2.10. The van der Waals surface area contributed by atoms with Crippen molar-refractivity contribution in [2.75, 3.05) is 13.7 Å². The molecule has 0 unspecified atom stereocenters. The monoisotopic (exact) mass is 220 g/mol. The Kier molecular flexibility index (Phi) is 3.93. The van der Waals surface area contributed by atoms with Gasteiger partial charge in [0.25, 0.3) is 0 Å². The molecule has 1 aromatic heterocycles. The van der Waals surface area contributed by atoms with Crippen molar-refractivity contribution in [1.29, 1.82) is 0 Å². The van der Waals surface area contributed by atoms with Crippen LogP contribution in [0.2, 0.25) is 10.2 Å². The van der Waals surface area contributed by atoms with Gasteiger partial charge in [0.1, 0.15) is 5.15 Å². The fourth-order valence-electron chi connectivity index (χ4n) is 1.02. The SMILES string of the molecule is CN[C@H](CO)c1cnc(Cl)cc1Cl. The molecule has 0 amide bonds. The predicted molar refractivity (Wildman–Crippen MR) is 53.1 cm³/mol. The minimum absolute atomic E-state index is 0.0282. The maximum atomic E-state index is 8.99. The van der Waals surface area contributed by atoms with Crippen molar-refractivity contribution >= 4 is 23.2 Å². The Morgan fingerprint density at radius 1 is 1.62 bits per heavy atom. The maximum absolute atomic E-state index is 8.99. The van der Waals surface area contributed by atoms with Crippen LogP contribution in [0.25, 0.3) is 0 Å². The van der Waals surface area contributed by atoms with Crippen LogP contribution in [-0.2, 0) is 0 Å². The summed E-state index contributed by atoms with van der Waals surface area (Å²) in [5.74, 6) is 0. The summed E-state index contributed by atoms with van der Waals surface area (Å²) in [5.41, 5.74) is 0.746. The van der Waals surface area contributed by atoms with E-state index in [-0.39, 0.29) is 12.6 Å². The number of aromatic nitrogens is 1. The van der Waals surface area contributed by atoms with Gasteiger partial charge in [-0.2, -0.15) is 0 Å². The van der Waals surface area contributed by atoms with E-state index in [2.05, 4.69) is 10.3 Å². The molecule has 3 nitrogen and oxygen atoms in total. The van der Waals surface area contributed by atoms with E-state index >= 15 is 0 Å². The number of rotatable bonds is 3. The number of hydrogen-bond donors (Lipinski definition) is 2. The first-order valence-electron chi connectivity index (χ1n) is 3.78. The third kappa shape index (κ3) is 2.54. The van der Waals surface area contributed by atoms with Crippen LogP contribution < -0.4 is 5.32 Å². The lowest BCUT2D eigenvalue weighted by Gasteiger charge is -2.14. The summed E-state index contributed by atoms with van der Waals surface area (Å²) in [6.07, 6.45) is 1.56. The van der Waals surface area contributed by atoms with Gasteiger partial charge in [0.2, 0.25) is 0 Å². The smallest absolute Gasteiger partial charge is 0.130 e. The summed E-state index contributed by atoms with van der Waals surface area (Å²) in [7, 11) is 1.74. The highest BCUT2D eigenvalue weighted by atomic mass is 35.5. The predicted octanol–water partition coefficient (Wildman–Crippen LogP) is 1.64. The molecule has 0 aliphatic carbocycles. The van der Waals surface area contributed by atoms with Crippen LogP contribution in [0.4, 0.5) is 0 Å². The Bertz CT molecular complexity index is 289. The molecule has 0 fully saturated rings. The zero-order chi connectivity index (χ0) is 9.84. The topological polar surface area (TPSA) is 45.1 Å². The fourth-order valence-corrected chi connectivity index (χ4v) is 1.52. The van der Waals surface area contributed by atoms with Gasteiger partial charge in [-0.05, 0) is 13.1 Å². The molecule has 72 valence electrons. The van der Waals surface area contributed by atoms with E-state index in [1.807, 2.05) is 0 Å². The Morgan fingerprint density at radius 2 is 2.31 bits per heavy atom. The Hall–Kier alpha value is -0.350. The highest BCUT2D eigenvalue weighted by Gasteiger charge is 2.12. The molecule has 1 aromatic rings. The molecule has 1 heterocycles. The van der Waals surface area contributed by atoms with Crippen molar-refractivity contribution in [2.24, 2.45) is 0 Å². The number of pyridine rings is 1. The standard InChI is InChI=1S/C8H10Cl2N2O/c1-11-7(4-13)5-3-12-8(10)2-6(5)9/h2-3,7,11,13H,4H2,1H3/t7-/m1/s1. The lowest BCUT2D eigenvalue weighted by molar-refractivity contribution is 0.251. The molecule has 1 rings (SSSR count). The van der Waals surface area contributed by atoms with Crippen LogP contribution >= 0.6 is 23.2 Å². The number of nitrogens with one attached hydrogen (secondary N) is 1. The van der Waals surface area contributed by atoms with E-state index in [1.54, 1.807) is 19.3 Å². The summed E-state index contributed by atoms with van der Waals surface area (Å²) in [4.78, 5) is 3.89. The van der Waals surface area contributed by atoms with E-state index in [0.717, 1.165) is 5.56 Å². The largest absolute Gasteiger partial charge is 0.394 e. The van der Waals surface area contributed by atoms with Crippen LogP contribution in [0.15, 0.2) is 12.3 Å². The summed E-state index contributed by atoms with van der Waals surface area (Å²) in [6.45, 7) is -0.0282. The van der Waals surface area contributed by atoms with Gasteiger partial charge in [0.15, 0.2) is 0 Å².